The summed E-state index contributed by atoms with van der Waals surface area (Å²) >= 11 is -2.01. The molecule has 0 spiro atoms. The van der Waals surface area contributed by atoms with Gasteiger partial charge in [-0.1, -0.05) is 12.1 Å². The third-order valence-electron chi connectivity index (χ3n) is 1.55. The molecular weight excluding hydrogens is 224 g/mol. The van der Waals surface area contributed by atoms with Crippen molar-refractivity contribution in [3.63, 3.8) is 0 Å². The summed E-state index contributed by atoms with van der Waals surface area (Å²) in [5.41, 5.74) is 0.613. The van der Waals surface area contributed by atoms with E-state index in [0.29, 0.717) is 5.56 Å². The summed E-state index contributed by atoms with van der Waals surface area (Å²) in [5.74, 6) is -0.0503. The molecule has 0 heterocycles. The number of hydrogen-bond acceptors (Lipinski definition) is 3. The number of benzene rings is 1. The smallest absolute Gasteiger partial charge is 0.186 e. The van der Waals surface area contributed by atoms with Gasteiger partial charge in [0.2, 0.25) is 0 Å². The molecule has 1 unspecified atom stereocenters. The zero-order chi connectivity index (χ0) is 10.8. The van der Waals surface area contributed by atoms with E-state index in [1.54, 1.807) is 0 Å². The molecule has 1 rings (SSSR count). The summed E-state index contributed by atoms with van der Waals surface area (Å²) in [7, 11) is -3.05. The quantitative estimate of drug-likeness (QED) is 0.786. The van der Waals surface area contributed by atoms with Crippen LogP contribution in [0.2, 0.25) is 0 Å². The maximum Gasteiger partial charge on any atom is 0.186 e. The fourth-order valence-electron chi connectivity index (χ4n) is 1.00. The Labute approximate surface area is 85.2 Å². The Bertz CT molecular complexity index is 433. The Morgan fingerprint density at radius 1 is 1.29 bits per heavy atom. The van der Waals surface area contributed by atoms with Crippen LogP contribution < -0.4 is 0 Å². The molecule has 0 radical (unpaired) electrons. The van der Waals surface area contributed by atoms with E-state index in [2.05, 4.69) is 0 Å². The van der Waals surface area contributed by atoms with Crippen molar-refractivity contribution in [1.82, 2.24) is 0 Å². The van der Waals surface area contributed by atoms with E-state index >= 15 is 0 Å². The van der Waals surface area contributed by atoms with Gasteiger partial charge in [-0.25, -0.2) is 12.6 Å². The second-order valence-corrected chi connectivity index (χ2v) is 6.07. The Morgan fingerprint density at radius 3 is 2.14 bits per heavy atom. The minimum Gasteiger partial charge on any atom is -0.302 e. The molecule has 1 N–H and O–H groups in total. The fraction of sp³-hybridized carbons (Fsp3) is 0.250. The van der Waals surface area contributed by atoms with Gasteiger partial charge >= 0.3 is 0 Å². The van der Waals surface area contributed by atoms with Crippen molar-refractivity contribution in [2.24, 2.45) is 0 Å². The van der Waals surface area contributed by atoms with Gasteiger partial charge in [0.1, 0.15) is 0 Å². The van der Waals surface area contributed by atoms with Gasteiger partial charge in [0.25, 0.3) is 0 Å². The minimum absolute atomic E-state index is 0.0503. The highest BCUT2D eigenvalue weighted by atomic mass is 32.2. The molecule has 78 valence electrons. The molecular formula is C8H10O4S2. The van der Waals surface area contributed by atoms with Gasteiger partial charge in [-0.2, -0.15) is 0 Å². The van der Waals surface area contributed by atoms with Crippen molar-refractivity contribution >= 4 is 20.9 Å². The van der Waals surface area contributed by atoms with Gasteiger partial charge in [-0.15, -0.1) is 0 Å². The van der Waals surface area contributed by atoms with E-state index in [-0.39, 0.29) is 10.6 Å². The van der Waals surface area contributed by atoms with Crippen molar-refractivity contribution in [2.75, 3.05) is 6.26 Å². The Hall–Kier alpha value is -0.720. The van der Waals surface area contributed by atoms with E-state index in [4.69, 9.17) is 4.55 Å². The van der Waals surface area contributed by atoms with Gasteiger partial charge in [0, 0.05) is 6.26 Å². The fourth-order valence-corrected chi connectivity index (χ4v) is 2.17. The lowest BCUT2D eigenvalue weighted by molar-refractivity contribution is 0.564. The lowest BCUT2D eigenvalue weighted by atomic mass is 10.2. The number of sulfone groups is 1. The molecule has 14 heavy (non-hydrogen) atoms. The van der Waals surface area contributed by atoms with Crippen LogP contribution >= 0.6 is 0 Å². The molecule has 0 saturated heterocycles. The lowest BCUT2D eigenvalue weighted by Gasteiger charge is -1.99. The largest absolute Gasteiger partial charge is 0.302 e. The first-order chi connectivity index (χ1) is 6.38. The lowest BCUT2D eigenvalue weighted by Crippen LogP contribution is -2.00. The van der Waals surface area contributed by atoms with Crippen LogP contribution in [0.25, 0.3) is 0 Å². The predicted octanol–water partition coefficient (Wildman–Crippen LogP) is 0.812. The molecule has 6 heteroatoms. The maximum atomic E-state index is 10.9. The molecule has 0 bridgehead atoms. The van der Waals surface area contributed by atoms with Gasteiger partial charge < -0.3 is 4.55 Å². The Balaban J connectivity index is 2.90. The molecule has 0 fully saturated rings. The zero-order valence-electron chi connectivity index (χ0n) is 7.50. The molecule has 0 aliphatic heterocycles. The second kappa shape index (κ2) is 4.20. The van der Waals surface area contributed by atoms with Crippen molar-refractivity contribution in [2.45, 2.75) is 10.6 Å². The number of hydrogen-bond donors (Lipinski definition) is 1. The van der Waals surface area contributed by atoms with E-state index < -0.39 is 20.9 Å². The molecule has 1 aromatic carbocycles. The van der Waals surface area contributed by atoms with Crippen molar-refractivity contribution in [1.29, 1.82) is 0 Å². The molecule has 4 nitrogen and oxygen atoms in total. The summed E-state index contributed by atoms with van der Waals surface area (Å²) in [6.07, 6.45) is 1.14. The maximum absolute atomic E-state index is 10.9. The van der Waals surface area contributed by atoms with Crippen LogP contribution in [0, 0.1) is 0 Å². The first-order valence-electron chi connectivity index (χ1n) is 3.76. The van der Waals surface area contributed by atoms with Crippen LogP contribution in [0.3, 0.4) is 0 Å². The summed E-state index contributed by atoms with van der Waals surface area (Å²) in [5, 5.41) is 0. The van der Waals surface area contributed by atoms with E-state index in [1.165, 1.54) is 24.3 Å². The number of rotatable bonds is 3. The first kappa shape index (κ1) is 11.4. The van der Waals surface area contributed by atoms with Crippen molar-refractivity contribution < 1.29 is 17.2 Å². The predicted molar refractivity (Wildman–Crippen MR) is 54.0 cm³/mol. The topological polar surface area (TPSA) is 71.4 Å². The first-order valence-corrected chi connectivity index (χ1v) is 6.93. The highest BCUT2D eigenvalue weighted by Crippen LogP contribution is 2.09. The van der Waals surface area contributed by atoms with Crippen LogP contribution in [-0.2, 0) is 26.7 Å². The Morgan fingerprint density at radius 2 is 1.79 bits per heavy atom. The summed E-state index contributed by atoms with van der Waals surface area (Å²) < 4.78 is 41.1. The van der Waals surface area contributed by atoms with Gasteiger partial charge in [-0.3, -0.25) is 0 Å². The second-order valence-electron chi connectivity index (χ2n) is 2.96. The molecule has 0 aliphatic rings. The van der Waals surface area contributed by atoms with Crippen LogP contribution in [0.4, 0.5) is 0 Å². The van der Waals surface area contributed by atoms with Gasteiger partial charge in [0.05, 0.1) is 10.6 Å². The van der Waals surface area contributed by atoms with E-state index in [0.717, 1.165) is 6.26 Å². The summed E-state index contributed by atoms with van der Waals surface area (Å²) in [6.45, 7) is 0. The monoisotopic (exact) mass is 234 g/mol. The van der Waals surface area contributed by atoms with Gasteiger partial charge in [-0.05, 0) is 17.7 Å². The Kier molecular flexibility index (Phi) is 3.41. The zero-order valence-corrected chi connectivity index (χ0v) is 9.14. The summed E-state index contributed by atoms with van der Waals surface area (Å²) in [6, 6.07) is 5.95. The highest BCUT2D eigenvalue weighted by Gasteiger charge is 2.05. The SMILES string of the molecule is CS(=O)(=O)Cc1ccc(S(=O)O)cc1. The molecule has 1 atom stereocenters. The third kappa shape index (κ3) is 3.57. The highest BCUT2D eigenvalue weighted by molar-refractivity contribution is 7.89. The van der Waals surface area contributed by atoms with Gasteiger partial charge in [0.15, 0.2) is 20.9 Å². The summed E-state index contributed by atoms with van der Waals surface area (Å²) in [4.78, 5) is 0.266. The van der Waals surface area contributed by atoms with Crippen molar-refractivity contribution in [3.8, 4) is 0 Å². The normalized spacial score (nSPS) is 13.9. The average molecular weight is 234 g/mol. The van der Waals surface area contributed by atoms with Crippen LogP contribution in [0.15, 0.2) is 29.2 Å². The molecule has 0 saturated carbocycles. The van der Waals surface area contributed by atoms with Crippen molar-refractivity contribution in [3.05, 3.63) is 29.8 Å². The molecule has 0 aliphatic carbocycles. The van der Waals surface area contributed by atoms with E-state index in [9.17, 15) is 12.6 Å². The molecule has 0 amide bonds. The molecule has 0 aromatic heterocycles. The van der Waals surface area contributed by atoms with Crippen LogP contribution in [0.5, 0.6) is 0 Å². The van der Waals surface area contributed by atoms with E-state index in [1.807, 2.05) is 0 Å². The van der Waals surface area contributed by atoms with Crippen LogP contribution in [0.1, 0.15) is 5.56 Å². The standard InChI is InChI=1S/C8H10O4S2/c1-14(11,12)6-7-2-4-8(5-3-7)13(9)10/h2-5H,6H2,1H3,(H,9,10). The van der Waals surface area contributed by atoms with Crippen LogP contribution in [-0.4, -0.2) is 23.4 Å². The third-order valence-corrected chi connectivity index (χ3v) is 3.09. The minimum atomic E-state index is -3.05. The molecule has 1 aromatic rings. The average Bonchev–Trinajstić information content (AvgIpc) is 2.02.